The van der Waals surface area contributed by atoms with Crippen LogP contribution in [0.15, 0.2) is 60.0 Å². The molecule has 31 heavy (non-hydrogen) atoms. The maximum atomic E-state index is 12.5. The SMILES string of the molecule is C=CCNC(=O)NC(=O)COC(=O)c1ccc(NS(=O)(=O)c2ccc(C)c(C)c2)cc1. The molecular weight excluding hydrogens is 422 g/mol. The van der Waals surface area contributed by atoms with Gasteiger partial charge in [0.2, 0.25) is 0 Å². The third kappa shape index (κ3) is 6.96. The van der Waals surface area contributed by atoms with E-state index in [4.69, 9.17) is 4.74 Å². The maximum absolute atomic E-state index is 12.5. The molecule has 0 aromatic heterocycles. The third-order valence-corrected chi connectivity index (χ3v) is 5.53. The summed E-state index contributed by atoms with van der Waals surface area (Å²) in [5.74, 6) is -1.60. The number of anilines is 1. The first kappa shape index (κ1) is 23.6. The summed E-state index contributed by atoms with van der Waals surface area (Å²) in [7, 11) is -3.79. The van der Waals surface area contributed by atoms with Crippen LogP contribution in [0, 0.1) is 13.8 Å². The Balaban J connectivity index is 1.94. The minimum absolute atomic E-state index is 0.109. The molecule has 0 saturated heterocycles. The van der Waals surface area contributed by atoms with Crippen molar-refractivity contribution in [1.29, 1.82) is 0 Å². The zero-order valence-corrected chi connectivity index (χ0v) is 17.9. The summed E-state index contributed by atoms with van der Waals surface area (Å²) in [6, 6.07) is 9.59. The fourth-order valence-electron chi connectivity index (χ4n) is 2.36. The highest BCUT2D eigenvalue weighted by Gasteiger charge is 2.16. The van der Waals surface area contributed by atoms with Crippen molar-refractivity contribution in [3.8, 4) is 0 Å². The smallest absolute Gasteiger partial charge is 0.338 e. The fourth-order valence-corrected chi connectivity index (χ4v) is 3.50. The van der Waals surface area contributed by atoms with Gasteiger partial charge in [0.25, 0.3) is 15.9 Å². The number of carbonyl (C=O) groups is 3. The van der Waals surface area contributed by atoms with Crippen LogP contribution in [-0.2, 0) is 19.6 Å². The number of hydrogen-bond donors (Lipinski definition) is 3. The zero-order chi connectivity index (χ0) is 23.0. The van der Waals surface area contributed by atoms with E-state index in [-0.39, 0.29) is 22.7 Å². The van der Waals surface area contributed by atoms with E-state index in [1.807, 2.05) is 19.2 Å². The van der Waals surface area contributed by atoms with Crippen molar-refractivity contribution in [2.24, 2.45) is 0 Å². The Hall–Kier alpha value is -3.66. The van der Waals surface area contributed by atoms with Gasteiger partial charge in [-0.2, -0.15) is 0 Å². The molecule has 0 radical (unpaired) electrons. The number of hydrogen-bond acceptors (Lipinski definition) is 6. The number of urea groups is 1. The van der Waals surface area contributed by atoms with E-state index < -0.39 is 34.5 Å². The summed E-state index contributed by atoms with van der Waals surface area (Å²) >= 11 is 0. The second-order valence-electron chi connectivity index (χ2n) is 6.55. The first-order chi connectivity index (χ1) is 14.6. The molecule has 0 aliphatic rings. The van der Waals surface area contributed by atoms with Gasteiger partial charge in [0, 0.05) is 12.2 Å². The monoisotopic (exact) mass is 445 g/mol. The van der Waals surface area contributed by atoms with Crippen molar-refractivity contribution in [2.45, 2.75) is 18.7 Å². The van der Waals surface area contributed by atoms with E-state index in [0.717, 1.165) is 11.1 Å². The minimum atomic E-state index is -3.79. The topological polar surface area (TPSA) is 131 Å². The van der Waals surface area contributed by atoms with E-state index in [2.05, 4.69) is 16.6 Å². The predicted octanol–water partition coefficient (Wildman–Crippen LogP) is 2.27. The van der Waals surface area contributed by atoms with Gasteiger partial charge in [-0.1, -0.05) is 12.1 Å². The summed E-state index contributed by atoms with van der Waals surface area (Å²) in [5.41, 5.74) is 2.19. The van der Waals surface area contributed by atoms with Crippen molar-refractivity contribution < 1.29 is 27.5 Å². The molecule has 0 atom stereocenters. The Morgan fingerprint density at radius 3 is 2.32 bits per heavy atom. The Kier molecular flexibility index (Phi) is 7.92. The molecule has 164 valence electrons. The predicted molar refractivity (Wildman–Crippen MR) is 115 cm³/mol. The van der Waals surface area contributed by atoms with Gasteiger partial charge in [0.05, 0.1) is 10.5 Å². The van der Waals surface area contributed by atoms with Crippen LogP contribution in [-0.4, -0.2) is 39.5 Å². The van der Waals surface area contributed by atoms with Crippen molar-refractivity contribution in [3.05, 3.63) is 71.8 Å². The zero-order valence-electron chi connectivity index (χ0n) is 17.1. The average molecular weight is 445 g/mol. The van der Waals surface area contributed by atoms with E-state index in [0.29, 0.717) is 0 Å². The number of ether oxygens (including phenoxy) is 1. The van der Waals surface area contributed by atoms with Crippen molar-refractivity contribution in [2.75, 3.05) is 17.9 Å². The number of nitrogens with one attached hydrogen (secondary N) is 3. The highest BCUT2D eigenvalue weighted by atomic mass is 32.2. The van der Waals surface area contributed by atoms with E-state index in [1.54, 1.807) is 12.1 Å². The molecular formula is C21H23N3O6S. The number of imide groups is 1. The van der Waals surface area contributed by atoms with Crippen molar-refractivity contribution in [1.82, 2.24) is 10.6 Å². The molecule has 3 amide bonds. The second-order valence-corrected chi connectivity index (χ2v) is 8.23. The number of aryl methyl sites for hydroxylation is 2. The Morgan fingerprint density at radius 1 is 1.03 bits per heavy atom. The van der Waals surface area contributed by atoms with Gasteiger partial charge in [-0.05, 0) is 61.4 Å². The minimum Gasteiger partial charge on any atom is -0.452 e. The molecule has 10 heteroatoms. The second kappa shape index (κ2) is 10.4. The van der Waals surface area contributed by atoms with E-state index >= 15 is 0 Å². The van der Waals surface area contributed by atoms with Gasteiger partial charge < -0.3 is 10.1 Å². The summed E-state index contributed by atoms with van der Waals surface area (Å²) in [5, 5.41) is 4.33. The first-order valence-electron chi connectivity index (χ1n) is 9.18. The van der Waals surface area contributed by atoms with Gasteiger partial charge in [0.1, 0.15) is 0 Å². The Morgan fingerprint density at radius 2 is 1.71 bits per heavy atom. The summed E-state index contributed by atoms with van der Waals surface area (Å²) in [4.78, 5) is 35.1. The molecule has 0 spiro atoms. The highest BCUT2D eigenvalue weighted by molar-refractivity contribution is 7.92. The van der Waals surface area contributed by atoms with Crippen LogP contribution in [0.2, 0.25) is 0 Å². The molecule has 2 rings (SSSR count). The highest BCUT2D eigenvalue weighted by Crippen LogP contribution is 2.19. The molecule has 0 heterocycles. The van der Waals surface area contributed by atoms with Gasteiger partial charge in [-0.15, -0.1) is 6.58 Å². The van der Waals surface area contributed by atoms with Gasteiger partial charge in [0.15, 0.2) is 6.61 Å². The third-order valence-electron chi connectivity index (χ3n) is 4.16. The molecule has 3 N–H and O–H groups in total. The standard InChI is InChI=1S/C21H23N3O6S/c1-4-11-22-21(27)23-19(25)13-30-20(26)16-6-8-17(9-7-16)24-31(28,29)18-10-5-14(2)15(3)12-18/h4-10,12,24H,1,11,13H2,2-3H3,(H2,22,23,25,27). The summed E-state index contributed by atoms with van der Waals surface area (Å²) in [6.07, 6.45) is 1.44. The van der Waals surface area contributed by atoms with Crippen LogP contribution < -0.4 is 15.4 Å². The molecule has 0 fully saturated rings. The molecule has 9 nitrogen and oxygen atoms in total. The van der Waals surface area contributed by atoms with Gasteiger partial charge in [-0.3, -0.25) is 14.8 Å². The number of carbonyl (C=O) groups excluding carboxylic acids is 3. The van der Waals surface area contributed by atoms with Crippen molar-refractivity contribution in [3.63, 3.8) is 0 Å². The van der Waals surface area contributed by atoms with Crippen LogP contribution in [0.25, 0.3) is 0 Å². The summed E-state index contributed by atoms with van der Waals surface area (Å²) < 4.78 is 32.3. The number of amides is 3. The lowest BCUT2D eigenvalue weighted by atomic mass is 10.1. The number of esters is 1. The van der Waals surface area contributed by atoms with Crippen LogP contribution in [0.4, 0.5) is 10.5 Å². The lowest BCUT2D eigenvalue weighted by Crippen LogP contribution is -2.41. The van der Waals surface area contributed by atoms with E-state index in [9.17, 15) is 22.8 Å². The van der Waals surface area contributed by atoms with Crippen LogP contribution >= 0.6 is 0 Å². The molecule has 0 saturated carbocycles. The van der Waals surface area contributed by atoms with Gasteiger partial charge >= 0.3 is 12.0 Å². The Bertz CT molecular complexity index is 1090. The van der Waals surface area contributed by atoms with Crippen LogP contribution in [0.1, 0.15) is 21.5 Å². The largest absolute Gasteiger partial charge is 0.452 e. The van der Waals surface area contributed by atoms with Gasteiger partial charge in [-0.25, -0.2) is 18.0 Å². The fraction of sp³-hybridized carbons (Fsp3) is 0.190. The van der Waals surface area contributed by atoms with Crippen LogP contribution in [0.5, 0.6) is 0 Å². The molecule has 2 aromatic carbocycles. The molecule has 0 aliphatic carbocycles. The molecule has 0 unspecified atom stereocenters. The number of rotatable bonds is 8. The lowest BCUT2D eigenvalue weighted by molar-refractivity contribution is -0.123. The first-order valence-corrected chi connectivity index (χ1v) is 10.7. The number of benzene rings is 2. The normalized spacial score (nSPS) is 10.6. The number of sulfonamides is 1. The quantitative estimate of drug-likeness (QED) is 0.422. The molecule has 0 aliphatic heterocycles. The Labute approximate surface area is 180 Å². The molecule has 2 aromatic rings. The lowest BCUT2D eigenvalue weighted by Gasteiger charge is -2.10. The van der Waals surface area contributed by atoms with Crippen LogP contribution in [0.3, 0.4) is 0 Å². The summed E-state index contributed by atoms with van der Waals surface area (Å²) in [6.45, 7) is 6.65. The van der Waals surface area contributed by atoms with Crippen molar-refractivity contribution >= 4 is 33.6 Å². The van der Waals surface area contributed by atoms with E-state index in [1.165, 1.54) is 36.4 Å². The maximum Gasteiger partial charge on any atom is 0.338 e. The molecule has 0 bridgehead atoms. The average Bonchev–Trinajstić information content (AvgIpc) is 2.72.